The molecule has 1 N–H and O–H groups in total. The maximum atomic E-state index is 12.0. The molecule has 0 bridgehead atoms. The number of carbonyl (C=O) groups excluding carboxylic acids is 1. The number of halogens is 4. The van der Waals surface area contributed by atoms with Crippen molar-refractivity contribution < 1.29 is 22.9 Å². The van der Waals surface area contributed by atoms with E-state index in [2.05, 4.69) is 28.3 Å². The Bertz CT molecular complexity index is 554. The van der Waals surface area contributed by atoms with Crippen LogP contribution in [0.5, 0.6) is 0 Å². The molecule has 122 valence electrons. The summed E-state index contributed by atoms with van der Waals surface area (Å²) >= 11 is 2.93. The third-order valence-corrected chi connectivity index (χ3v) is 2.16. The fourth-order valence-electron chi connectivity index (χ4n) is 0.955. The third kappa shape index (κ3) is 8.26. The molecule has 1 aromatic carbocycles. The van der Waals surface area contributed by atoms with Gasteiger partial charge in [0.25, 0.3) is 5.69 Å². The fourth-order valence-corrected chi connectivity index (χ4v) is 1.30. The second-order valence-corrected chi connectivity index (χ2v) is 4.07. The lowest BCUT2D eigenvalue weighted by Crippen LogP contribution is -2.30. The molecule has 0 saturated carbocycles. The van der Waals surface area contributed by atoms with Gasteiger partial charge in [-0.2, -0.15) is 13.2 Å². The van der Waals surface area contributed by atoms with Crippen molar-refractivity contribution in [3.05, 3.63) is 32.8 Å². The first-order valence-electron chi connectivity index (χ1n) is 5.83. The van der Waals surface area contributed by atoms with Crippen molar-refractivity contribution in [2.75, 3.05) is 5.32 Å². The van der Waals surface area contributed by atoms with E-state index in [0.717, 1.165) is 12.1 Å². The highest BCUT2D eigenvalue weighted by Crippen LogP contribution is 2.29. The number of amides is 1. The van der Waals surface area contributed by atoms with Gasteiger partial charge in [0.2, 0.25) is 0 Å². The molecule has 1 aromatic rings. The molecular weight excluding hydrogens is 369 g/mol. The Morgan fingerprint density at radius 1 is 1.41 bits per heavy atom. The van der Waals surface area contributed by atoms with Crippen LogP contribution in [0.25, 0.3) is 0 Å². The molecule has 0 saturated heterocycles. The molecular formula is C13H14BrF3N2O3. The number of alkyl halides is 3. The highest BCUT2D eigenvalue weighted by molar-refractivity contribution is 9.10. The summed E-state index contributed by atoms with van der Waals surface area (Å²) in [4.78, 5) is 20.3. The van der Waals surface area contributed by atoms with E-state index in [1.165, 1.54) is 11.4 Å². The van der Waals surface area contributed by atoms with Crippen LogP contribution in [0, 0.1) is 22.5 Å². The van der Waals surface area contributed by atoms with Crippen LogP contribution in [0.15, 0.2) is 22.7 Å². The Kier molecular flexibility index (Phi) is 10.7. The van der Waals surface area contributed by atoms with Gasteiger partial charge in [0, 0.05) is 10.5 Å². The van der Waals surface area contributed by atoms with Crippen LogP contribution in [0.1, 0.15) is 20.8 Å². The van der Waals surface area contributed by atoms with Gasteiger partial charge in [-0.1, -0.05) is 29.8 Å². The van der Waals surface area contributed by atoms with E-state index in [1.54, 1.807) is 6.92 Å². The number of hydrogen-bond acceptors (Lipinski definition) is 3. The van der Waals surface area contributed by atoms with Crippen LogP contribution < -0.4 is 5.32 Å². The van der Waals surface area contributed by atoms with E-state index in [1.807, 2.05) is 13.8 Å². The predicted molar refractivity (Wildman–Crippen MR) is 81.3 cm³/mol. The van der Waals surface area contributed by atoms with E-state index in [9.17, 15) is 28.1 Å². The van der Waals surface area contributed by atoms with Crippen LogP contribution >= 0.6 is 15.9 Å². The maximum absolute atomic E-state index is 12.0. The summed E-state index contributed by atoms with van der Waals surface area (Å²) in [6.07, 6.45) is -0.499. The topological polar surface area (TPSA) is 72.2 Å². The van der Waals surface area contributed by atoms with Crippen molar-refractivity contribution in [3.63, 3.8) is 0 Å². The zero-order valence-electron chi connectivity index (χ0n) is 12.0. The van der Waals surface area contributed by atoms with Gasteiger partial charge in [0.15, 0.2) is 0 Å². The molecule has 0 spiro atoms. The van der Waals surface area contributed by atoms with Crippen molar-refractivity contribution in [1.29, 1.82) is 0 Å². The summed E-state index contributed by atoms with van der Waals surface area (Å²) in [7, 11) is 0. The molecule has 9 heteroatoms. The Labute approximate surface area is 134 Å². The van der Waals surface area contributed by atoms with Crippen LogP contribution in [-0.2, 0) is 4.79 Å². The second kappa shape index (κ2) is 10.6. The molecule has 0 aromatic heterocycles. The van der Waals surface area contributed by atoms with E-state index >= 15 is 0 Å². The van der Waals surface area contributed by atoms with Gasteiger partial charge >= 0.3 is 12.1 Å². The van der Waals surface area contributed by atoms with Gasteiger partial charge in [-0.3, -0.25) is 14.9 Å². The number of nitrogens with zero attached hydrogens (tertiary/aromatic N) is 1. The van der Waals surface area contributed by atoms with Crippen molar-refractivity contribution in [1.82, 2.24) is 0 Å². The zero-order valence-corrected chi connectivity index (χ0v) is 13.6. The molecule has 0 aliphatic heterocycles. The SMILES string of the molecule is C#CC.CC.O=C(Nc1ccc(Br)cc1[N+](=O)[O-])C(F)(F)F. The Hall–Kier alpha value is -2.08. The van der Waals surface area contributed by atoms with Crippen LogP contribution in [-0.4, -0.2) is 17.0 Å². The molecule has 0 radical (unpaired) electrons. The number of nitro benzene ring substituents is 1. The first-order chi connectivity index (χ1) is 10.1. The summed E-state index contributed by atoms with van der Waals surface area (Å²) < 4.78 is 36.2. The van der Waals surface area contributed by atoms with Crippen LogP contribution in [0.2, 0.25) is 0 Å². The Morgan fingerprint density at radius 2 is 1.86 bits per heavy atom. The maximum Gasteiger partial charge on any atom is 0.471 e. The molecule has 0 aliphatic rings. The first kappa shape index (κ1) is 22.2. The average molecular weight is 383 g/mol. The number of anilines is 1. The lowest BCUT2D eigenvalue weighted by atomic mass is 10.2. The number of benzene rings is 1. The van der Waals surface area contributed by atoms with Gasteiger partial charge in [-0.05, 0) is 19.1 Å². The molecule has 0 aliphatic carbocycles. The number of nitro groups is 1. The summed E-state index contributed by atoms with van der Waals surface area (Å²) in [5.74, 6) is -0.0112. The van der Waals surface area contributed by atoms with E-state index < -0.39 is 28.4 Å². The summed E-state index contributed by atoms with van der Waals surface area (Å²) in [5, 5.41) is 12.0. The lowest BCUT2D eigenvalue weighted by molar-refractivity contribution is -0.384. The quantitative estimate of drug-likeness (QED) is 0.464. The summed E-state index contributed by atoms with van der Waals surface area (Å²) in [5.41, 5.74) is -1.14. The number of terminal acetylenes is 1. The number of carbonyl (C=O) groups is 1. The van der Waals surface area contributed by atoms with Gasteiger partial charge < -0.3 is 5.32 Å². The van der Waals surface area contributed by atoms with Crippen LogP contribution in [0.4, 0.5) is 24.5 Å². The first-order valence-corrected chi connectivity index (χ1v) is 6.62. The van der Waals surface area contributed by atoms with Crippen molar-refractivity contribution in [2.45, 2.75) is 26.9 Å². The third-order valence-electron chi connectivity index (χ3n) is 1.66. The van der Waals surface area contributed by atoms with Gasteiger partial charge in [0.1, 0.15) is 5.69 Å². The molecule has 1 rings (SSSR count). The summed E-state index contributed by atoms with van der Waals surface area (Å²) in [6.45, 7) is 5.65. The smallest absolute Gasteiger partial charge is 0.312 e. The monoisotopic (exact) mass is 382 g/mol. The standard InChI is InChI=1S/C8H4BrF3N2O3.C3H4.C2H6/c9-4-1-2-5(6(3-4)14(16)17)13-7(15)8(10,11)12;1-3-2;1-2/h1-3H,(H,13,15);1H,2H3;1-2H3. The largest absolute Gasteiger partial charge is 0.471 e. The summed E-state index contributed by atoms with van der Waals surface area (Å²) in [6, 6.07) is 3.27. The molecule has 0 atom stereocenters. The number of rotatable bonds is 2. The van der Waals surface area contributed by atoms with Crippen LogP contribution in [0.3, 0.4) is 0 Å². The second-order valence-electron chi connectivity index (χ2n) is 3.16. The minimum absolute atomic E-state index is 0.314. The molecule has 0 fully saturated rings. The molecule has 1 amide bonds. The van der Waals surface area contributed by atoms with Gasteiger partial charge in [-0.25, -0.2) is 0 Å². The fraction of sp³-hybridized carbons (Fsp3) is 0.308. The van der Waals surface area contributed by atoms with E-state index in [0.29, 0.717) is 4.47 Å². The minimum Gasteiger partial charge on any atom is -0.312 e. The Morgan fingerprint density at radius 3 is 2.23 bits per heavy atom. The average Bonchev–Trinajstić information content (AvgIpc) is 2.42. The predicted octanol–water partition coefficient (Wildman–Crippen LogP) is 4.52. The lowest BCUT2D eigenvalue weighted by Gasteiger charge is -2.08. The van der Waals surface area contributed by atoms with Crippen molar-refractivity contribution in [3.8, 4) is 12.3 Å². The highest BCUT2D eigenvalue weighted by Gasteiger charge is 2.39. The van der Waals surface area contributed by atoms with Crippen molar-refractivity contribution >= 4 is 33.2 Å². The molecule has 0 heterocycles. The number of hydrogen-bond donors (Lipinski definition) is 1. The molecule has 0 unspecified atom stereocenters. The van der Waals surface area contributed by atoms with E-state index in [-0.39, 0.29) is 0 Å². The number of nitrogens with one attached hydrogen (secondary N) is 1. The van der Waals surface area contributed by atoms with Gasteiger partial charge in [0.05, 0.1) is 4.92 Å². The highest BCUT2D eigenvalue weighted by atomic mass is 79.9. The minimum atomic E-state index is -5.10. The molecule has 5 nitrogen and oxygen atoms in total. The van der Waals surface area contributed by atoms with E-state index in [4.69, 9.17) is 0 Å². The zero-order chi connectivity index (χ0) is 17.9. The Balaban J connectivity index is 0. The molecule has 22 heavy (non-hydrogen) atoms. The van der Waals surface area contributed by atoms with Crippen molar-refractivity contribution in [2.24, 2.45) is 0 Å². The van der Waals surface area contributed by atoms with Gasteiger partial charge in [-0.15, -0.1) is 12.3 Å². The normalized spacial score (nSPS) is 9.18.